The Morgan fingerprint density at radius 1 is 1.59 bits per heavy atom. The zero-order valence-corrected chi connectivity index (χ0v) is 12.6. The predicted octanol–water partition coefficient (Wildman–Crippen LogP) is 2.59. The average Bonchev–Trinajstić information content (AvgIpc) is 2.30. The van der Waals surface area contributed by atoms with Crippen molar-refractivity contribution >= 4 is 33.1 Å². The zero-order valence-electron chi connectivity index (χ0n) is 10.2. The summed E-state index contributed by atoms with van der Waals surface area (Å²) in [5.41, 5.74) is 6.70. The van der Waals surface area contributed by atoms with Crippen molar-refractivity contribution in [3.05, 3.63) is 28.5 Å². The van der Waals surface area contributed by atoms with Crippen LogP contribution < -0.4 is 5.73 Å². The molecule has 0 saturated carbocycles. The van der Waals surface area contributed by atoms with E-state index in [0.717, 1.165) is 29.8 Å². The Bertz CT molecular complexity index is 367. The van der Waals surface area contributed by atoms with Gasteiger partial charge in [-0.2, -0.15) is 0 Å². The maximum atomic E-state index is 5.64. The minimum atomic E-state index is 0.236. The van der Waals surface area contributed by atoms with E-state index in [4.69, 9.17) is 18.0 Å². The summed E-state index contributed by atoms with van der Waals surface area (Å²) in [4.78, 5) is 7.23. The highest BCUT2D eigenvalue weighted by molar-refractivity contribution is 9.10. The number of pyridine rings is 1. The van der Waals surface area contributed by atoms with Gasteiger partial charge >= 0.3 is 0 Å². The molecule has 5 heteroatoms. The zero-order chi connectivity index (χ0) is 12.8. The maximum absolute atomic E-state index is 5.64. The van der Waals surface area contributed by atoms with E-state index < -0.39 is 0 Å². The molecule has 0 bridgehead atoms. The number of nitrogens with two attached hydrogens (primary N) is 1. The number of rotatable bonds is 6. The molecule has 0 aromatic carbocycles. The second kappa shape index (κ2) is 7.03. The maximum Gasteiger partial charge on any atom is 0.0768 e. The fraction of sp³-hybridized carbons (Fsp3) is 0.500. The van der Waals surface area contributed by atoms with Crippen molar-refractivity contribution in [1.82, 2.24) is 9.88 Å². The van der Waals surface area contributed by atoms with Crippen LogP contribution in [-0.4, -0.2) is 28.0 Å². The monoisotopic (exact) mass is 315 g/mol. The van der Waals surface area contributed by atoms with Gasteiger partial charge in [-0.25, -0.2) is 0 Å². The summed E-state index contributed by atoms with van der Waals surface area (Å²) < 4.78 is 1.00. The standard InChI is InChI=1S/C12H18BrN3S/c1-3-16(7-9(2)12(14)17)8-11-5-4-10(13)6-15-11/h4-6,9H,3,7-8H2,1-2H3,(H2,14,17). The molecule has 1 unspecified atom stereocenters. The van der Waals surface area contributed by atoms with Gasteiger partial charge in [0.2, 0.25) is 0 Å². The number of aromatic nitrogens is 1. The van der Waals surface area contributed by atoms with Gasteiger partial charge in [0.25, 0.3) is 0 Å². The van der Waals surface area contributed by atoms with Crippen LogP contribution in [-0.2, 0) is 6.54 Å². The van der Waals surface area contributed by atoms with Crippen LogP contribution in [0.3, 0.4) is 0 Å². The molecular formula is C12H18BrN3S. The third-order valence-electron chi connectivity index (χ3n) is 2.64. The van der Waals surface area contributed by atoms with Gasteiger partial charge in [-0.3, -0.25) is 9.88 Å². The lowest BCUT2D eigenvalue weighted by Crippen LogP contribution is -2.33. The number of nitrogens with zero attached hydrogens (tertiary/aromatic N) is 2. The molecule has 17 heavy (non-hydrogen) atoms. The van der Waals surface area contributed by atoms with Crippen LogP contribution >= 0.6 is 28.1 Å². The van der Waals surface area contributed by atoms with E-state index in [1.54, 1.807) is 0 Å². The Labute approximate surface area is 117 Å². The Morgan fingerprint density at radius 2 is 2.29 bits per heavy atom. The minimum absolute atomic E-state index is 0.236. The van der Waals surface area contributed by atoms with Gasteiger partial charge in [-0.05, 0) is 34.6 Å². The quantitative estimate of drug-likeness (QED) is 0.819. The molecule has 1 rings (SSSR count). The Kier molecular flexibility index (Phi) is 6.02. The highest BCUT2D eigenvalue weighted by Crippen LogP contribution is 2.10. The molecule has 0 fully saturated rings. The first-order valence-electron chi connectivity index (χ1n) is 5.65. The topological polar surface area (TPSA) is 42.2 Å². The molecule has 2 N–H and O–H groups in total. The third-order valence-corrected chi connectivity index (χ3v) is 3.51. The lowest BCUT2D eigenvalue weighted by molar-refractivity contribution is 0.261. The molecule has 0 aliphatic carbocycles. The van der Waals surface area contributed by atoms with Gasteiger partial charge in [-0.15, -0.1) is 0 Å². The normalized spacial score (nSPS) is 12.7. The second-order valence-corrected chi connectivity index (χ2v) is 5.49. The van der Waals surface area contributed by atoms with Crippen molar-refractivity contribution < 1.29 is 0 Å². The van der Waals surface area contributed by atoms with Gasteiger partial charge < -0.3 is 5.73 Å². The summed E-state index contributed by atoms with van der Waals surface area (Å²) in [5, 5.41) is 0. The van der Waals surface area contributed by atoms with E-state index in [9.17, 15) is 0 Å². The van der Waals surface area contributed by atoms with Crippen molar-refractivity contribution in [1.29, 1.82) is 0 Å². The van der Waals surface area contributed by atoms with Crippen LogP contribution in [0.2, 0.25) is 0 Å². The van der Waals surface area contributed by atoms with E-state index >= 15 is 0 Å². The lowest BCUT2D eigenvalue weighted by Gasteiger charge is -2.23. The first-order valence-corrected chi connectivity index (χ1v) is 6.85. The Hall–Kier alpha value is -0.520. The van der Waals surface area contributed by atoms with Gasteiger partial charge in [0.1, 0.15) is 0 Å². The lowest BCUT2D eigenvalue weighted by atomic mass is 10.1. The van der Waals surface area contributed by atoms with Gasteiger partial charge in [0, 0.05) is 29.7 Å². The highest BCUT2D eigenvalue weighted by atomic mass is 79.9. The van der Waals surface area contributed by atoms with Gasteiger partial charge in [0.15, 0.2) is 0 Å². The summed E-state index contributed by atoms with van der Waals surface area (Å²) >= 11 is 8.37. The molecule has 0 saturated heterocycles. The van der Waals surface area contributed by atoms with Crippen LogP contribution in [0.4, 0.5) is 0 Å². The van der Waals surface area contributed by atoms with Gasteiger partial charge in [0.05, 0.1) is 10.7 Å². The van der Waals surface area contributed by atoms with Gasteiger partial charge in [-0.1, -0.05) is 26.1 Å². The van der Waals surface area contributed by atoms with E-state index in [1.165, 1.54) is 0 Å². The molecule has 0 amide bonds. The van der Waals surface area contributed by atoms with E-state index in [0.29, 0.717) is 4.99 Å². The minimum Gasteiger partial charge on any atom is -0.393 e. The van der Waals surface area contributed by atoms with Crippen molar-refractivity contribution in [2.45, 2.75) is 20.4 Å². The highest BCUT2D eigenvalue weighted by Gasteiger charge is 2.11. The summed E-state index contributed by atoms with van der Waals surface area (Å²) in [6.45, 7) is 6.86. The van der Waals surface area contributed by atoms with Crippen LogP contribution in [0.25, 0.3) is 0 Å². The SMILES string of the molecule is CCN(Cc1ccc(Br)cn1)CC(C)C(N)=S. The first kappa shape index (κ1) is 14.5. The summed E-state index contributed by atoms with van der Waals surface area (Å²) in [6.07, 6.45) is 1.82. The van der Waals surface area contributed by atoms with Crippen LogP contribution in [0.1, 0.15) is 19.5 Å². The number of hydrogen-bond acceptors (Lipinski definition) is 3. The molecule has 94 valence electrons. The van der Waals surface area contributed by atoms with Crippen molar-refractivity contribution in [3.8, 4) is 0 Å². The average molecular weight is 316 g/mol. The van der Waals surface area contributed by atoms with Crippen molar-refractivity contribution in [2.24, 2.45) is 11.7 Å². The fourth-order valence-electron chi connectivity index (χ4n) is 1.51. The largest absolute Gasteiger partial charge is 0.393 e. The predicted molar refractivity (Wildman–Crippen MR) is 78.8 cm³/mol. The summed E-state index contributed by atoms with van der Waals surface area (Å²) in [6, 6.07) is 4.03. The second-order valence-electron chi connectivity index (χ2n) is 4.10. The molecule has 1 heterocycles. The van der Waals surface area contributed by atoms with E-state index in [-0.39, 0.29) is 5.92 Å². The summed E-state index contributed by atoms with van der Waals surface area (Å²) in [7, 11) is 0. The third kappa shape index (κ3) is 5.10. The number of hydrogen-bond donors (Lipinski definition) is 1. The first-order chi connectivity index (χ1) is 8.02. The molecule has 0 radical (unpaired) electrons. The van der Waals surface area contributed by atoms with Crippen molar-refractivity contribution in [3.63, 3.8) is 0 Å². The molecule has 0 spiro atoms. The Balaban J connectivity index is 2.57. The van der Waals surface area contributed by atoms with Crippen LogP contribution in [0.5, 0.6) is 0 Å². The van der Waals surface area contributed by atoms with E-state index in [2.05, 4.69) is 39.7 Å². The molecule has 1 atom stereocenters. The number of thiocarbonyl (C=S) groups is 1. The van der Waals surface area contributed by atoms with E-state index in [1.807, 2.05) is 18.3 Å². The number of halogens is 1. The van der Waals surface area contributed by atoms with Crippen LogP contribution in [0, 0.1) is 5.92 Å². The summed E-state index contributed by atoms with van der Waals surface area (Å²) in [5.74, 6) is 0.236. The van der Waals surface area contributed by atoms with Crippen LogP contribution in [0.15, 0.2) is 22.8 Å². The smallest absolute Gasteiger partial charge is 0.0768 e. The molecule has 0 aliphatic rings. The molecular weight excluding hydrogens is 298 g/mol. The van der Waals surface area contributed by atoms with Crippen molar-refractivity contribution in [2.75, 3.05) is 13.1 Å². The fourth-order valence-corrected chi connectivity index (χ4v) is 1.82. The Morgan fingerprint density at radius 3 is 2.76 bits per heavy atom. The molecule has 1 aromatic heterocycles. The molecule has 1 aromatic rings. The molecule has 3 nitrogen and oxygen atoms in total. The molecule has 0 aliphatic heterocycles.